The molecular weight excluding hydrogens is 368 g/mol. The lowest BCUT2D eigenvalue weighted by atomic mass is 9.83. The molecule has 172 valence electrons. The Morgan fingerprint density at radius 3 is 1.59 bits per heavy atom. The summed E-state index contributed by atoms with van der Waals surface area (Å²) in [5.41, 5.74) is 0. The smallest absolute Gasteiger partial charge is 0.0311 e. The summed E-state index contributed by atoms with van der Waals surface area (Å²) >= 11 is 2.21. The minimum Gasteiger partial charge on any atom is -0.151 e. The summed E-state index contributed by atoms with van der Waals surface area (Å²) in [5, 5.41) is 0. The third-order valence-electron chi connectivity index (χ3n) is 6.96. The number of hydrogen-bond donors (Lipinski definition) is 0. The van der Waals surface area contributed by atoms with Crippen molar-refractivity contribution in [2.45, 2.75) is 148 Å². The van der Waals surface area contributed by atoms with E-state index < -0.39 is 0 Å². The van der Waals surface area contributed by atoms with Crippen LogP contribution in [0.2, 0.25) is 0 Å². The second-order valence-corrected chi connectivity index (χ2v) is 11.9. The van der Waals surface area contributed by atoms with Crippen LogP contribution in [0.25, 0.3) is 0 Å². The zero-order valence-corrected chi connectivity index (χ0v) is 21.5. The lowest BCUT2D eigenvalue weighted by Gasteiger charge is -2.33. The summed E-state index contributed by atoms with van der Waals surface area (Å²) in [6, 6.07) is 0. The van der Waals surface area contributed by atoms with Gasteiger partial charge in [-0.3, -0.25) is 0 Å². The van der Waals surface area contributed by atoms with Crippen LogP contribution < -0.4 is 0 Å². The van der Waals surface area contributed by atoms with Gasteiger partial charge in [-0.05, 0) is 43.8 Å². The standard InChI is InChI=1S/C28H54S/c1-5-6-7-8-9-10-11-12-13-14-15-16-17-18-19-20-25-29-28(4)23-21-27(22-24-28)26(2)3/h21,23,26-27H,5-20,22,24-25H2,1-4H3. The van der Waals surface area contributed by atoms with Crippen molar-refractivity contribution in [3.05, 3.63) is 12.2 Å². The largest absolute Gasteiger partial charge is 0.151 e. The van der Waals surface area contributed by atoms with Gasteiger partial charge in [0.25, 0.3) is 0 Å². The van der Waals surface area contributed by atoms with Gasteiger partial charge < -0.3 is 0 Å². The van der Waals surface area contributed by atoms with Gasteiger partial charge in [0, 0.05) is 4.75 Å². The van der Waals surface area contributed by atoms with Crippen molar-refractivity contribution in [1.29, 1.82) is 0 Å². The van der Waals surface area contributed by atoms with Crippen LogP contribution in [0.4, 0.5) is 0 Å². The van der Waals surface area contributed by atoms with E-state index in [1.165, 1.54) is 121 Å². The fourth-order valence-electron chi connectivity index (χ4n) is 4.59. The first-order chi connectivity index (χ1) is 14.1. The van der Waals surface area contributed by atoms with Crippen molar-refractivity contribution in [2.24, 2.45) is 11.8 Å². The molecule has 1 heteroatoms. The van der Waals surface area contributed by atoms with Gasteiger partial charge in [-0.25, -0.2) is 0 Å². The highest BCUT2D eigenvalue weighted by molar-refractivity contribution is 8.00. The molecule has 1 aliphatic rings. The number of hydrogen-bond acceptors (Lipinski definition) is 1. The van der Waals surface area contributed by atoms with E-state index in [0.717, 1.165) is 11.8 Å². The normalized spacial score (nSPS) is 21.9. The Morgan fingerprint density at radius 2 is 1.21 bits per heavy atom. The van der Waals surface area contributed by atoms with Crippen molar-refractivity contribution < 1.29 is 0 Å². The summed E-state index contributed by atoms with van der Waals surface area (Å²) in [6.45, 7) is 9.48. The quantitative estimate of drug-likeness (QED) is 0.147. The predicted octanol–water partition coefficient (Wildman–Crippen LogP) is 10.4. The molecule has 0 heterocycles. The van der Waals surface area contributed by atoms with Crippen LogP contribution in [-0.4, -0.2) is 10.5 Å². The molecule has 0 spiro atoms. The van der Waals surface area contributed by atoms with Gasteiger partial charge in [-0.1, -0.05) is 129 Å². The maximum absolute atomic E-state index is 2.53. The molecule has 29 heavy (non-hydrogen) atoms. The van der Waals surface area contributed by atoms with Crippen molar-refractivity contribution >= 4 is 11.8 Å². The molecule has 2 atom stereocenters. The molecule has 2 unspecified atom stereocenters. The molecule has 0 saturated carbocycles. The summed E-state index contributed by atoms with van der Waals surface area (Å²) in [6.07, 6.45) is 31.2. The van der Waals surface area contributed by atoms with E-state index in [9.17, 15) is 0 Å². The molecule has 0 aromatic heterocycles. The third kappa shape index (κ3) is 14.7. The Hall–Kier alpha value is 0.0900. The van der Waals surface area contributed by atoms with Crippen molar-refractivity contribution in [3.63, 3.8) is 0 Å². The third-order valence-corrected chi connectivity index (χ3v) is 8.45. The van der Waals surface area contributed by atoms with Gasteiger partial charge in [0.2, 0.25) is 0 Å². The summed E-state index contributed by atoms with van der Waals surface area (Å²) in [5.74, 6) is 2.98. The van der Waals surface area contributed by atoms with Gasteiger partial charge in [0.1, 0.15) is 0 Å². The molecule has 0 aromatic carbocycles. The Kier molecular flexibility index (Phi) is 16.6. The average molecular weight is 423 g/mol. The van der Waals surface area contributed by atoms with Crippen molar-refractivity contribution in [3.8, 4) is 0 Å². The predicted molar refractivity (Wildman–Crippen MR) is 137 cm³/mol. The fourth-order valence-corrected chi connectivity index (χ4v) is 5.84. The lowest BCUT2D eigenvalue weighted by Crippen LogP contribution is -2.24. The molecule has 0 amide bonds. The van der Waals surface area contributed by atoms with Crippen LogP contribution >= 0.6 is 11.8 Å². The topological polar surface area (TPSA) is 0 Å². The van der Waals surface area contributed by atoms with Gasteiger partial charge in [0.05, 0.1) is 0 Å². The highest BCUT2D eigenvalue weighted by Gasteiger charge is 2.27. The van der Waals surface area contributed by atoms with E-state index in [1.807, 2.05) is 0 Å². The SMILES string of the molecule is CCCCCCCCCCCCCCCCCCSC1(C)C=CC(C(C)C)CC1. The van der Waals surface area contributed by atoms with Crippen LogP contribution in [0.3, 0.4) is 0 Å². The summed E-state index contributed by atoms with van der Waals surface area (Å²) in [7, 11) is 0. The van der Waals surface area contributed by atoms with Gasteiger partial charge in [0.15, 0.2) is 0 Å². The molecule has 0 aromatic rings. The maximum atomic E-state index is 2.53. The van der Waals surface area contributed by atoms with Crippen LogP contribution in [0, 0.1) is 11.8 Å². The molecule has 1 rings (SSSR count). The Bertz CT molecular complexity index is 386. The number of allylic oxidation sites excluding steroid dienone is 1. The number of thioether (sulfide) groups is 1. The van der Waals surface area contributed by atoms with E-state index in [2.05, 4.69) is 51.6 Å². The lowest BCUT2D eigenvalue weighted by molar-refractivity contribution is 0.394. The van der Waals surface area contributed by atoms with Gasteiger partial charge >= 0.3 is 0 Å². The number of unbranched alkanes of at least 4 members (excludes halogenated alkanes) is 15. The minimum atomic E-state index is 0.418. The van der Waals surface area contributed by atoms with E-state index >= 15 is 0 Å². The molecule has 0 aliphatic heterocycles. The Balaban J connectivity index is 1.81. The molecule has 1 aliphatic carbocycles. The molecule has 0 nitrogen and oxygen atoms in total. The van der Waals surface area contributed by atoms with Gasteiger partial charge in [-0.2, -0.15) is 11.8 Å². The van der Waals surface area contributed by atoms with Crippen LogP contribution in [0.5, 0.6) is 0 Å². The summed E-state index contributed by atoms with van der Waals surface area (Å²) < 4.78 is 0.418. The van der Waals surface area contributed by atoms with Crippen molar-refractivity contribution in [1.82, 2.24) is 0 Å². The molecule has 0 fully saturated rings. The monoisotopic (exact) mass is 422 g/mol. The highest BCUT2D eigenvalue weighted by Crippen LogP contribution is 2.39. The van der Waals surface area contributed by atoms with E-state index in [0.29, 0.717) is 4.75 Å². The Labute approximate surface area is 189 Å². The maximum Gasteiger partial charge on any atom is 0.0311 e. The van der Waals surface area contributed by atoms with Gasteiger partial charge in [-0.15, -0.1) is 0 Å². The first-order valence-corrected chi connectivity index (χ1v) is 14.4. The molecule has 0 bridgehead atoms. The molecule has 0 radical (unpaired) electrons. The Morgan fingerprint density at radius 1 is 0.759 bits per heavy atom. The zero-order valence-electron chi connectivity index (χ0n) is 20.7. The molecule has 0 N–H and O–H groups in total. The zero-order chi connectivity index (χ0) is 21.2. The highest BCUT2D eigenvalue weighted by atomic mass is 32.2. The minimum absolute atomic E-state index is 0.418. The van der Waals surface area contributed by atoms with E-state index in [1.54, 1.807) is 0 Å². The summed E-state index contributed by atoms with van der Waals surface area (Å²) in [4.78, 5) is 0. The first-order valence-electron chi connectivity index (χ1n) is 13.4. The van der Waals surface area contributed by atoms with Crippen LogP contribution in [-0.2, 0) is 0 Å². The van der Waals surface area contributed by atoms with E-state index in [4.69, 9.17) is 0 Å². The molecule has 0 saturated heterocycles. The van der Waals surface area contributed by atoms with Crippen LogP contribution in [0.1, 0.15) is 143 Å². The number of rotatable bonds is 19. The fraction of sp³-hybridized carbons (Fsp3) is 0.929. The second kappa shape index (κ2) is 17.7. The van der Waals surface area contributed by atoms with E-state index in [-0.39, 0.29) is 0 Å². The van der Waals surface area contributed by atoms with Crippen molar-refractivity contribution in [2.75, 3.05) is 5.75 Å². The van der Waals surface area contributed by atoms with Crippen LogP contribution in [0.15, 0.2) is 12.2 Å². The average Bonchev–Trinajstić information content (AvgIpc) is 2.70. The second-order valence-electron chi connectivity index (χ2n) is 10.3. The first kappa shape index (κ1) is 27.1. The molecular formula is C28H54S.